The Labute approximate surface area is 135 Å². The molecule has 0 amide bonds. The molecule has 3 heterocycles. The van der Waals surface area contributed by atoms with E-state index in [1.54, 1.807) is 12.4 Å². The quantitative estimate of drug-likeness (QED) is 0.719. The molecule has 4 rings (SSSR count). The van der Waals surface area contributed by atoms with Gasteiger partial charge in [0.25, 0.3) is 0 Å². The Bertz CT molecular complexity index is 858. The number of anilines is 2. The minimum Gasteiger partial charge on any atom is -0.417 e. The molecule has 2 N–H and O–H groups in total. The van der Waals surface area contributed by atoms with E-state index in [4.69, 9.17) is 0 Å². The zero-order valence-electron chi connectivity index (χ0n) is 12.8. The van der Waals surface area contributed by atoms with Gasteiger partial charge in [-0.2, -0.15) is 19.0 Å². The Morgan fingerprint density at radius 1 is 1.33 bits per heavy atom. The van der Waals surface area contributed by atoms with Crippen molar-refractivity contribution in [1.82, 2.24) is 29.9 Å². The summed E-state index contributed by atoms with van der Waals surface area (Å²) in [7, 11) is 0. The van der Waals surface area contributed by atoms with Gasteiger partial charge in [0, 0.05) is 6.07 Å². The Balaban J connectivity index is 1.57. The zero-order valence-corrected chi connectivity index (χ0v) is 12.8. The van der Waals surface area contributed by atoms with Crippen LogP contribution in [-0.4, -0.2) is 36.6 Å². The maximum absolute atomic E-state index is 12.2. The van der Waals surface area contributed by atoms with Crippen LogP contribution in [0.4, 0.5) is 20.4 Å². The molecular weight excluding hydrogens is 320 g/mol. The number of nitrogens with one attached hydrogen (secondary N) is 2. The Hall–Kier alpha value is -2.78. The largest absolute Gasteiger partial charge is 0.417 e. The number of alkyl halides is 2. The molecule has 1 aliphatic carbocycles. The van der Waals surface area contributed by atoms with Gasteiger partial charge in [-0.3, -0.25) is 0 Å². The Morgan fingerprint density at radius 2 is 2.17 bits per heavy atom. The monoisotopic (exact) mass is 335 g/mol. The highest BCUT2D eigenvalue weighted by Crippen LogP contribution is 2.39. The number of nitrogens with zero attached hydrogens (tertiary/aromatic N) is 5. The van der Waals surface area contributed by atoms with Crippen molar-refractivity contribution in [2.75, 3.05) is 5.32 Å². The summed E-state index contributed by atoms with van der Waals surface area (Å²) in [5.41, 5.74) is 1.38. The first kappa shape index (κ1) is 14.8. The van der Waals surface area contributed by atoms with E-state index in [1.165, 1.54) is 18.9 Å². The maximum Gasteiger partial charge on any atom is 0.388 e. The average Bonchev–Trinajstić information content (AvgIpc) is 3.18. The lowest BCUT2D eigenvalue weighted by Crippen LogP contribution is -2.10. The van der Waals surface area contributed by atoms with Gasteiger partial charge in [-0.1, -0.05) is 0 Å². The van der Waals surface area contributed by atoms with Crippen molar-refractivity contribution in [3.8, 4) is 5.88 Å². The summed E-state index contributed by atoms with van der Waals surface area (Å²) in [6.07, 6.45) is 5.63. The van der Waals surface area contributed by atoms with Crippen LogP contribution in [0.15, 0.2) is 18.5 Å². The van der Waals surface area contributed by atoms with Gasteiger partial charge in [-0.25, -0.2) is 19.7 Å². The Kier molecular flexibility index (Phi) is 3.51. The summed E-state index contributed by atoms with van der Waals surface area (Å²) in [6.45, 7) is -0.791. The van der Waals surface area contributed by atoms with E-state index in [9.17, 15) is 8.78 Å². The normalized spacial score (nSPS) is 15.8. The molecule has 126 valence electrons. The van der Waals surface area contributed by atoms with E-state index in [2.05, 4.69) is 42.2 Å². The zero-order chi connectivity index (χ0) is 16.7. The van der Waals surface area contributed by atoms with Crippen LogP contribution in [0, 0.1) is 5.92 Å². The number of hydrogen-bond donors (Lipinski definition) is 2. The van der Waals surface area contributed by atoms with Crippen LogP contribution in [0.25, 0.3) is 11.2 Å². The van der Waals surface area contributed by atoms with Crippen molar-refractivity contribution in [2.24, 2.45) is 5.92 Å². The van der Waals surface area contributed by atoms with Crippen molar-refractivity contribution in [3.63, 3.8) is 0 Å². The molecule has 1 saturated carbocycles. The summed E-state index contributed by atoms with van der Waals surface area (Å²) in [6, 6.07) is 1.59. The average molecular weight is 335 g/mol. The second kappa shape index (κ2) is 5.69. The smallest absolute Gasteiger partial charge is 0.388 e. The molecule has 0 aliphatic heterocycles. The van der Waals surface area contributed by atoms with Gasteiger partial charge in [-0.05, 0) is 25.7 Å². The summed E-state index contributed by atoms with van der Waals surface area (Å²) in [5.74, 6) is 1.25. The third-order valence-corrected chi connectivity index (χ3v) is 4.02. The van der Waals surface area contributed by atoms with E-state index in [1.807, 2.05) is 4.68 Å². The molecule has 8 nitrogen and oxygen atoms in total. The van der Waals surface area contributed by atoms with Crippen LogP contribution < -0.4 is 10.1 Å². The highest BCUT2D eigenvalue weighted by molar-refractivity contribution is 5.72. The second-order valence-corrected chi connectivity index (χ2v) is 5.75. The van der Waals surface area contributed by atoms with Crippen LogP contribution in [0.5, 0.6) is 5.88 Å². The van der Waals surface area contributed by atoms with Crippen molar-refractivity contribution in [2.45, 2.75) is 32.4 Å². The molecular formula is C14H15F2N7O. The molecule has 0 saturated heterocycles. The lowest BCUT2D eigenvalue weighted by molar-refractivity contribution is -0.0528. The van der Waals surface area contributed by atoms with Crippen LogP contribution in [0.1, 0.15) is 25.8 Å². The van der Waals surface area contributed by atoms with Gasteiger partial charge in [0.1, 0.15) is 5.52 Å². The summed E-state index contributed by atoms with van der Waals surface area (Å²) < 4.78 is 30.4. The number of rotatable bonds is 6. The third-order valence-electron chi connectivity index (χ3n) is 4.02. The minimum atomic E-state index is -2.91. The van der Waals surface area contributed by atoms with Gasteiger partial charge < -0.3 is 10.1 Å². The highest BCUT2D eigenvalue weighted by Gasteiger charge is 2.30. The van der Waals surface area contributed by atoms with Gasteiger partial charge in [0.05, 0.1) is 18.4 Å². The van der Waals surface area contributed by atoms with E-state index >= 15 is 0 Å². The summed E-state index contributed by atoms with van der Waals surface area (Å²) in [4.78, 5) is 8.83. The first-order valence-corrected chi connectivity index (χ1v) is 7.57. The fourth-order valence-corrected chi connectivity index (χ4v) is 2.61. The lowest BCUT2D eigenvalue weighted by atomic mass is 10.2. The molecule has 0 aromatic carbocycles. The summed E-state index contributed by atoms with van der Waals surface area (Å²) in [5, 5.41) is 13.5. The standard InChI is InChI=1S/C14H15F2N7O/c1-7(8-2-3-8)23-13-9(5-18-23)17-6-11(20-13)19-10-4-12(22-21-10)24-14(15)16/h4-8,14H,2-3H2,1H3,(H2,19,20,21,22)/t7-/m1/s1. The molecule has 0 unspecified atom stereocenters. The molecule has 3 aromatic rings. The lowest BCUT2D eigenvalue weighted by Gasteiger charge is -2.11. The Morgan fingerprint density at radius 3 is 2.92 bits per heavy atom. The van der Waals surface area contributed by atoms with E-state index in [-0.39, 0.29) is 11.9 Å². The van der Waals surface area contributed by atoms with Crippen molar-refractivity contribution < 1.29 is 13.5 Å². The number of fused-ring (bicyclic) bond motifs is 1. The number of H-pyrrole nitrogens is 1. The van der Waals surface area contributed by atoms with Crippen LogP contribution >= 0.6 is 0 Å². The van der Waals surface area contributed by atoms with Crippen LogP contribution in [0.2, 0.25) is 0 Å². The number of aromatic nitrogens is 6. The van der Waals surface area contributed by atoms with Gasteiger partial charge in [0.2, 0.25) is 5.88 Å². The molecule has 0 bridgehead atoms. The van der Waals surface area contributed by atoms with E-state index in [0.29, 0.717) is 28.7 Å². The van der Waals surface area contributed by atoms with Crippen molar-refractivity contribution >= 4 is 22.8 Å². The first-order valence-electron chi connectivity index (χ1n) is 7.57. The van der Waals surface area contributed by atoms with Crippen LogP contribution in [0.3, 0.4) is 0 Å². The number of hydrogen-bond acceptors (Lipinski definition) is 6. The van der Waals surface area contributed by atoms with Gasteiger partial charge in [-0.15, -0.1) is 0 Å². The number of halogens is 2. The third kappa shape index (κ3) is 2.86. The van der Waals surface area contributed by atoms with E-state index in [0.717, 1.165) is 0 Å². The van der Waals surface area contributed by atoms with E-state index < -0.39 is 6.61 Å². The highest BCUT2D eigenvalue weighted by atomic mass is 19.3. The predicted molar refractivity (Wildman–Crippen MR) is 81.3 cm³/mol. The fourth-order valence-electron chi connectivity index (χ4n) is 2.61. The molecule has 1 aliphatic rings. The molecule has 3 aromatic heterocycles. The number of aromatic amines is 1. The molecule has 10 heteroatoms. The molecule has 1 atom stereocenters. The SMILES string of the molecule is C[C@H](C1CC1)n1ncc2ncc(Nc3cc(OC(F)F)[nH]n3)nc21. The summed E-state index contributed by atoms with van der Waals surface area (Å²) >= 11 is 0. The van der Waals surface area contributed by atoms with Crippen molar-refractivity contribution in [3.05, 3.63) is 18.5 Å². The molecule has 0 radical (unpaired) electrons. The predicted octanol–water partition coefficient (Wildman–Crippen LogP) is 2.87. The number of ether oxygens (including phenoxy) is 1. The molecule has 1 fully saturated rings. The molecule has 0 spiro atoms. The maximum atomic E-state index is 12.2. The minimum absolute atomic E-state index is 0.131. The fraction of sp³-hybridized carbons (Fsp3) is 0.429. The topological polar surface area (TPSA) is 93.5 Å². The van der Waals surface area contributed by atoms with Gasteiger partial charge in [0.15, 0.2) is 17.3 Å². The van der Waals surface area contributed by atoms with Crippen molar-refractivity contribution in [1.29, 1.82) is 0 Å². The van der Waals surface area contributed by atoms with Crippen LogP contribution in [-0.2, 0) is 0 Å². The van der Waals surface area contributed by atoms with Gasteiger partial charge >= 0.3 is 6.61 Å². The first-order chi connectivity index (χ1) is 11.6. The molecule has 24 heavy (non-hydrogen) atoms. The second-order valence-electron chi connectivity index (χ2n) is 5.75.